The quantitative estimate of drug-likeness (QED) is 0.881. The third-order valence-corrected chi connectivity index (χ3v) is 2.91. The topological polar surface area (TPSA) is 26.0 Å². The first kappa shape index (κ1) is 12.7. The minimum Gasteiger partial charge on any atom is -0.324 e. The van der Waals surface area contributed by atoms with Crippen molar-refractivity contribution in [2.75, 3.05) is 0 Å². The second-order valence-electron chi connectivity index (χ2n) is 4.24. The van der Waals surface area contributed by atoms with E-state index in [1.807, 2.05) is 0 Å². The van der Waals surface area contributed by atoms with E-state index in [9.17, 15) is 4.39 Å². The number of nitrogens with two attached hydrogens (primary N) is 1. The van der Waals surface area contributed by atoms with E-state index in [0.717, 1.165) is 17.3 Å². The van der Waals surface area contributed by atoms with Crippen molar-refractivity contribution in [2.24, 2.45) is 11.7 Å². The number of rotatable bonds is 4. The summed E-state index contributed by atoms with van der Waals surface area (Å²) in [6, 6.07) is 4.70. The third kappa shape index (κ3) is 3.92. The van der Waals surface area contributed by atoms with E-state index in [2.05, 4.69) is 29.8 Å². The lowest BCUT2D eigenvalue weighted by molar-refractivity contribution is 0.491. The van der Waals surface area contributed by atoms with E-state index in [0.29, 0.717) is 11.5 Å². The molecule has 0 bridgehead atoms. The Balaban J connectivity index is 2.72. The van der Waals surface area contributed by atoms with Crippen molar-refractivity contribution in [2.45, 2.75) is 32.7 Å². The van der Waals surface area contributed by atoms with Crippen LogP contribution >= 0.6 is 15.9 Å². The zero-order chi connectivity index (χ0) is 11.4. The van der Waals surface area contributed by atoms with Crippen LogP contribution in [0.2, 0.25) is 0 Å². The standard InChI is InChI=1S/C12H17BrFN/c1-8(2)3-6-12(15)10-7-9(13)4-5-11(10)14/h4-5,7-8,12H,3,6,15H2,1-2H3/t12-/m0/s1. The zero-order valence-electron chi connectivity index (χ0n) is 9.13. The molecule has 0 aliphatic rings. The molecule has 0 heterocycles. The Kier molecular flexibility index (Phi) is 4.74. The van der Waals surface area contributed by atoms with Crippen LogP contribution in [0.1, 0.15) is 38.3 Å². The molecule has 84 valence electrons. The minimum absolute atomic E-state index is 0.204. The van der Waals surface area contributed by atoms with Gasteiger partial charge in [0.1, 0.15) is 5.82 Å². The molecule has 2 N–H and O–H groups in total. The van der Waals surface area contributed by atoms with Crippen molar-refractivity contribution in [3.8, 4) is 0 Å². The molecule has 1 atom stereocenters. The van der Waals surface area contributed by atoms with Crippen molar-refractivity contribution >= 4 is 15.9 Å². The van der Waals surface area contributed by atoms with Crippen molar-refractivity contribution in [3.63, 3.8) is 0 Å². The summed E-state index contributed by atoms with van der Waals surface area (Å²) in [5.74, 6) is 0.390. The molecular weight excluding hydrogens is 257 g/mol. The Morgan fingerprint density at radius 3 is 2.60 bits per heavy atom. The van der Waals surface area contributed by atoms with E-state index < -0.39 is 0 Å². The van der Waals surface area contributed by atoms with E-state index in [-0.39, 0.29) is 11.9 Å². The van der Waals surface area contributed by atoms with Crippen LogP contribution in [-0.2, 0) is 0 Å². The monoisotopic (exact) mass is 273 g/mol. The molecule has 0 aliphatic carbocycles. The van der Waals surface area contributed by atoms with Gasteiger partial charge in [-0.15, -0.1) is 0 Å². The van der Waals surface area contributed by atoms with Crippen LogP contribution in [0, 0.1) is 11.7 Å². The summed E-state index contributed by atoms with van der Waals surface area (Å²) in [4.78, 5) is 0. The Morgan fingerprint density at radius 2 is 2.00 bits per heavy atom. The largest absolute Gasteiger partial charge is 0.324 e. The molecule has 0 aliphatic heterocycles. The molecule has 3 heteroatoms. The van der Waals surface area contributed by atoms with Gasteiger partial charge in [-0.25, -0.2) is 4.39 Å². The van der Waals surface area contributed by atoms with E-state index in [4.69, 9.17) is 5.73 Å². The van der Waals surface area contributed by atoms with Crippen LogP contribution in [0.5, 0.6) is 0 Å². The second kappa shape index (κ2) is 5.61. The van der Waals surface area contributed by atoms with Gasteiger partial charge in [-0.05, 0) is 37.0 Å². The Bertz CT molecular complexity index is 325. The van der Waals surface area contributed by atoms with Gasteiger partial charge >= 0.3 is 0 Å². The minimum atomic E-state index is -0.213. The van der Waals surface area contributed by atoms with Crippen molar-refractivity contribution in [3.05, 3.63) is 34.1 Å². The number of hydrogen-bond donors (Lipinski definition) is 1. The lowest BCUT2D eigenvalue weighted by Crippen LogP contribution is -2.13. The molecule has 0 radical (unpaired) electrons. The molecule has 1 aromatic carbocycles. The van der Waals surface area contributed by atoms with E-state index >= 15 is 0 Å². The van der Waals surface area contributed by atoms with Gasteiger partial charge in [0, 0.05) is 16.1 Å². The first-order valence-corrected chi connectivity index (χ1v) is 6.00. The van der Waals surface area contributed by atoms with Crippen LogP contribution in [0.3, 0.4) is 0 Å². The van der Waals surface area contributed by atoms with E-state index in [1.54, 1.807) is 12.1 Å². The summed E-state index contributed by atoms with van der Waals surface area (Å²) in [7, 11) is 0. The SMILES string of the molecule is CC(C)CC[C@H](N)c1cc(Br)ccc1F. The average molecular weight is 274 g/mol. The van der Waals surface area contributed by atoms with Crippen molar-refractivity contribution in [1.82, 2.24) is 0 Å². The summed E-state index contributed by atoms with van der Waals surface area (Å²) in [6.45, 7) is 4.29. The lowest BCUT2D eigenvalue weighted by atomic mass is 9.98. The highest BCUT2D eigenvalue weighted by Crippen LogP contribution is 2.24. The first-order chi connectivity index (χ1) is 7.00. The number of hydrogen-bond acceptors (Lipinski definition) is 1. The van der Waals surface area contributed by atoms with Gasteiger partial charge in [-0.2, -0.15) is 0 Å². The molecule has 0 unspecified atom stereocenters. The molecule has 0 spiro atoms. The highest BCUT2D eigenvalue weighted by molar-refractivity contribution is 9.10. The molecule has 0 fully saturated rings. The average Bonchev–Trinajstić information content (AvgIpc) is 2.18. The summed E-state index contributed by atoms with van der Waals surface area (Å²) in [5, 5.41) is 0. The van der Waals surface area contributed by atoms with Gasteiger partial charge in [-0.1, -0.05) is 29.8 Å². The molecule has 15 heavy (non-hydrogen) atoms. The maximum Gasteiger partial charge on any atom is 0.128 e. The number of benzene rings is 1. The maximum atomic E-state index is 13.4. The Hall–Kier alpha value is -0.410. The Labute approximate surface area is 99.0 Å². The predicted octanol–water partition coefficient (Wildman–Crippen LogP) is 4.02. The van der Waals surface area contributed by atoms with Crippen LogP contribution in [-0.4, -0.2) is 0 Å². The maximum absolute atomic E-state index is 13.4. The molecule has 1 rings (SSSR count). The summed E-state index contributed by atoms with van der Waals surface area (Å²) in [5.41, 5.74) is 6.55. The van der Waals surface area contributed by atoms with Gasteiger partial charge in [0.15, 0.2) is 0 Å². The fraction of sp³-hybridized carbons (Fsp3) is 0.500. The zero-order valence-corrected chi connectivity index (χ0v) is 10.7. The molecule has 0 aromatic heterocycles. The van der Waals surface area contributed by atoms with Crippen LogP contribution in [0.4, 0.5) is 4.39 Å². The predicted molar refractivity (Wildman–Crippen MR) is 65.1 cm³/mol. The van der Waals surface area contributed by atoms with Crippen LogP contribution in [0.15, 0.2) is 22.7 Å². The van der Waals surface area contributed by atoms with Crippen LogP contribution < -0.4 is 5.73 Å². The molecule has 0 saturated carbocycles. The molecule has 0 saturated heterocycles. The summed E-state index contributed by atoms with van der Waals surface area (Å²) < 4.78 is 14.3. The van der Waals surface area contributed by atoms with Gasteiger partial charge in [0.05, 0.1) is 0 Å². The molecule has 0 amide bonds. The highest BCUT2D eigenvalue weighted by atomic mass is 79.9. The normalized spacial score (nSPS) is 13.2. The van der Waals surface area contributed by atoms with Crippen molar-refractivity contribution < 1.29 is 4.39 Å². The van der Waals surface area contributed by atoms with Gasteiger partial charge in [0.2, 0.25) is 0 Å². The number of halogens is 2. The van der Waals surface area contributed by atoms with Gasteiger partial charge < -0.3 is 5.73 Å². The molecule has 1 nitrogen and oxygen atoms in total. The van der Waals surface area contributed by atoms with E-state index in [1.165, 1.54) is 6.07 Å². The first-order valence-electron chi connectivity index (χ1n) is 5.21. The van der Waals surface area contributed by atoms with Gasteiger partial charge in [-0.3, -0.25) is 0 Å². The van der Waals surface area contributed by atoms with Gasteiger partial charge in [0.25, 0.3) is 0 Å². The fourth-order valence-corrected chi connectivity index (χ4v) is 1.85. The summed E-state index contributed by atoms with van der Waals surface area (Å²) in [6.07, 6.45) is 1.85. The third-order valence-electron chi connectivity index (χ3n) is 2.41. The highest BCUT2D eigenvalue weighted by Gasteiger charge is 2.12. The lowest BCUT2D eigenvalue weighted by Gasteiger charge is -2.14. The summed E-state index contributed by atoms with van der Waals surface area (Å²) >= 11 is 3.32. The van der Waals surface area contributed by atoms with Crippen LogP contribution in [0.25, 0.3) is 0 Å². The fourth-order valence-electron chi connectivity index (χ4n) is 1.47. The second-order valence-corrected chi connectivity index (χ2v) is 5.16. The molecular formula is C12H17BrFN. The Morgan fingerprint density at radius 1 is 1.33 bits per heavy atom. The van der Waals surface area contributed by atoms with Crippen molar-refractivity contribution in [1.29, 1.82) is 0 Å². The smallest absolute Gasteiger partial charge is 0.128 e. The molecule has 1 aromatic rings.